The topological polar surface area (TPSA) is 97.2 Å². The Morgan fingerprint density at radius 2 is 2.03 bits per heavy atom. The van der Waals surface area contributed by atoms with Gasteiger partial charge in [0.25, 0.3) is 5.91 Å². The van der Waals surface area contributed by atoms with Crippen molar-refractivity contribution < 1.29 is 15.0 Å². The highest BCUT2D eigenvalue weighted by atomic mass is 32.2. The van der Waals surface area contributed by atoms with Crippen molar-refractivity contribution in [3.63, 3.8) is 0 Å². The third kappa shape index (κ3) is 6.25. The van der Waals surface area contributed by atoms with Crippen molar-refractivity contribution in [3.8, 4) is 0 Å². The molecule has 2 aliphatic heterocycles. The first-order valence-corrected chi connectivity index (χ1v) is 13.4. The molecule has 8 heteroatoms. The van der Waals surface area contributed by atoms with Crippen LogP contribution < -0.4 is 10.6 Å². The van der Waals surface area contributed by atoms with E-state index in [1.54, 1.807) is 0 Å². The smallest absolute Gasteiger partial charge is 0.253 e. The Morgan fingerprint density at radius 3 is 2.74 bits per heavy atom. The van der Waals surface area contributed by atoms with Gasteiger partial charge in [-0.25, -0.2) is 0 Å². The van der Waals surface area contributed by atoms with Crippen LogP contribution in [0.5, 0.6) is 0 Å². The summed E-state index contributed by atoms with van der Waals surface area (Å²) in [6.45, 7) is 6.00. The van der Waals surface area contributed by atoms with Crippen LogP contribution in [0.2, 0.25) is 0 Å². The molecule has 2 heterocycles. The molecule has 1 unspecified atom stereocenters. The van der Waals surface area contributed by atoms with E-state index in [1.165, 1.54) is 16.7 Å². The largest absolute Gasteiger partial charge is 0.394 e. The number of nitrogens with one attached hydrogen (secondary N) is 2. The summed E-state index contributed by atoms with van der Waals surface area (Å²) in [5, 5.41) is 24.6. The number of hydrogen-bond acceptors (Lipinski definition) is 7. The zero-order chi connectivity index (χ0) is 24.8. The van der Waals surface area contributed by atoms with Gasteiger partial charge in [0, 0.05) is 36.6 Å². The average molecular weight is 497 g/mol. The van der Waals surface area contributed by atoms with Crippen molar-refractivity contribution in [1.29, 1.82) is 0 Å². The Bertz CT molecular complexity index is 1070. The van der Waals surface area contributed by atoms with Crippen LogP contribution in [0.15, 0.2) is 47.5 Å². The van der Waals surface area contributed by atoms with Crippen LogP contribution in [0.1, 0.15) is 42.0 Å². The molecular formula is C27H36N4O3S. The number of aryl methyl sites for hydroxylation is 3. The van der Waals surface area contributed by atoms with Gasteiger partial charge in [-0.3, -0.25) is 14.1 Å². The number of aliphatic hydroxyl groups is 2. The molecule has 2 aromatic carbocycles. The summed E-state index contributed by atoms with van der Waals surface area (Å²) in [6.07, 6.45) is 2.65. The monoisotopic (exact) mass is 496 g/mol. The van der Waals surface area contributed by atoms with Gasteiger partial charge in [-0.2, -0.15) is 0 Å². The van der Waals surface area contributed by atoms with Crippen molar-refractivity contribution >= 4 is 29.4 Å². The van der Waals surface area contributed by atoms with Gasteiger partial charge in [0.15, 0.2) is 0 Å². The number of carbonyl (C=O) groups is 1. The van der Waals surface area contributed by atoms with E-state index in [4.69, 9.17) is 10.1 Å². The molecule has 1 spiro atoms. The number of anilines is 1. The first-order chi connectivity index (χ1) is 16.9. The molecule has 188 valence electrons. The minimum absolute atomic E-state index is 0.0369. The van der Waals surface area contributed by atoms with Crippen LogP contribution in [0.3, 0.4) is 0 Å². The Labute approximate surface area is 212 Å². The van der Waals surface area contributed by atoms with Crippen LogP contribution in [-0.4, -0.2) is 69.9 Å². The normalized spacial score (nSPS) is 18.4. The quantitative estimate of drug-likeness (QED) is 0.378. The Balaban J connectivity index is 1.26. The molecule has 1 atom stereocenters. The number of amides is 1. The molecule has 35 heavy (non-hydrogen) atoms. The van der Waals surface area contributed by atoms with Crippen LogP contribution in [0.4, 0.5) is 5.69 Å². The van der Waals surface area contributed by atoms with Crippen molar-refractivity contribution in [2.24, 2.45) is 4.99 Å². The highest BCUT2D eigenvalue weighted by Gasteiger charge is 2.45. The van der Waals surface area contributed by atoms with E-state index in [9.17, 15) is 9.90 Å². The van der Waals surface area contributed by atoms with Gasteiger partial charge in [0.1, 0.15) is 11.4 Å². The fourth-order valence-electron chi connectivity index (χ4n) is 4.59. The minimum atomic E-state index is -0.755. The Hall–Kier alpha value is -2.39. The molecular weight excluding hydrogens is 460 g/mol. The summed E-state index contributed by atoms with van der Waals surface area (Å²) in [7, 11) is 0. The zero-order valence-corrected chi connectivity index (χ0v) is 21.4. The Morgan fingerprint density at radius 1 is 1.23 bits per heavy atom. The molecule has 0 bridgehead atoms. The number of amidine groups is 1. The molecule has 0 aromatic heterocycles. The molecule has 2 aromatic rings. The molecule has 1 saturated heterocycles. The fraction of sp³-hybridized carbons (Fsp3) is 0.481. The molecule has 0 saturated carbocycles. The van der Waals surface area contributed by atoms with Crippen LogP contribution >= 0.6 is 11.9 Å². The van der Waals surface area contributed by atoms with Gasteiger partial charge < -0.3 is 20.8 Å². The number of nitrogens with zero attached hydrogens (tertiary/aromatic N) is 2. The summed E-state index contributed by atoms with van der Waals surface area (Å²) < 4.78 is 2.37. The summed E-state index contributed by atoms with van der Waals surface area (Å²) in [5.41, 5.74) is 5.07. The lowest BCUT2D eigenvalue weighted by molar-refractivity contribution is -0.124. The summed E-state index contributed by atoms with van der Waals surface area (Å²) in [6, 6.07) is 14.5. The lowest BCUT2D eigenvalue weighted by Gasteiger charge is -2.34. The van der Waals surface area contributed by atoms with Gasteiger partial charge in [-0.05, 0) is 67.5 Å². The van der Waals surface area contributed by atoms with Crippen molar-refractivity contribution in [1.82, 2.24) is 9.62 Å². The van der Waals surface area contributed by atoms with Crippen molar-refractivity contribution in [3.05, 3.63) is 64.7 Å². The third-order valence-corrected chi connectivity index (χ3v) is 8.00. The molecule has 7 nitrogen and oxygen atoms in total. The highest BCUT2D eigenvalue weighted by molar-refractivity contribution is 7.97. The van der Waals surface area contributed by atoms with Gasteiger partial charge in [-0.1, -0.05) is 43.1 Å². The van der Waals surface area contributed by atoms with Gasteiger partial charge in [0.05, 0.1) is 12.7 Å². The highest BCUT2D eigenvalue weighted by Crippen LogP contribution is 2.33. The number of carbonyl (C=O) groups excluding carboxylic acids is 1. The van der Waals surface area contributed by atoms with E-state index in [-0.39, 0.29) is 12.5 Å². The summed E-state index contributed by atoms with van der Waals surface area (Å²) >= 11 is 1.84. The van der Waals surface area contributed by atoms with E-state index in [0.29, 0.717) is 12.4 Å². The summed E-state index contributed by atoms with van der Waals surface area (Å²) in [5.74, 6) is 1.73. The second-order valence-electron chi connectivity index (χ2n) is 9.37. The van der Waals surface area contributed by atoms with E-state index in [1.807, 2.05) is 30.1 Å². The molecule has 0 radical (unpaired) electrons. The number of benzene rings is 2. The predicted octanol–water partition coefficient (Wildman–Crippen LogP) is 2.92. The van der Waals surface area contributed by atoms with Crippen molar-refractivity contribution in [2.45, 2.75) is 51.2 Å². The predicted molar refractivity (Wildman–Crippen MR) is 143 cm³/mol. The second-order valence-corrected chi connectivity index (χ2v) is 10.6. The molecule has 4 rings (SSSR count). The van der Waals surface area contributed by atoms with Gasteiger partial charge >= 0.3 is 0 Å². The second kappa shape index (κ2) is 11.6. The van der Waals surface area contributed by atoms with E-state index in [2.05, 4.69) is 53.1 Å². The number of aliphatic hydroxyl groups excluding tert-OH is 2. The summed E-state index contributed by atoms with van der Waals surface area (Å²) in [4.78, 5) is 17.8. The SMILES string of the molecule is CCc1cccc(C2=NC3(CCN(SCCc4ccc(NCC(O)CO)cc4C)CC3)C(=O)N2)c1. The maximum atomic E-state index is 12.9. The molecule has 4 N–H and O–H groups in total. The molecule has 1 fully saturated rings. The fourth-order valence-corrected chi connectivity index (χ4v) is 5.60. The number of piperidine rings is 1. The standard InChI is InChI=1S/C27H36N4O3S/c1-3-20-5-4-6-22(16-20)25-29-26(34)27(30-25)10-12-31(13-11-27)35-14-9-21-7-8-23(15-19(21)2)28-17-24(33)18-32/h4-8,15-16,24,28,32-33H,3,9-14,17-18H2,1-2H3,(H,29,30,34). The molecule has 0 aliphatic carbocycles. The first-order valence-electron chi connectivity index (χ1n) is 12.4. The minimum Gasteiger partial charge on any atom is -0.394 e. The molecule has 2 aliphatic rings. The lowest BCUT2D eigenvalue weighted by atomic mass is 9.89. The van der Waals surface area contributed by atoms with Crippen LogP contribution in [0.25, 0.3) is 0 Å². The molecule has 1 amide bonds. The van der Waals surface area contributed by atoms with E-state index in [0.717, 1.165) is 55.8 Å². The number of hydrogen-bond donors (Lipinski definition) is 4. The average Bonchev–Trinajstić information content (AvgIpc) is 3.20. The zero-order valence-electron chi connectivity index (χ0n) is 20.6. The van der Waals surface area contributed by atoms with E-state index < -0.39 is 11.6 Å². The number of aliphatic imine (C=N–C) groups is 1. The van der Waals surface area contributed by atoms with Gasteiger partial charge in [0.2, 0.25) is 0 Å². The maximum Gasteiger partial charge on any atom is 0.253 e. The number of rotatable bonds is 10. The van der Waals surface area contributed by atoms with Crippen LogP contribution in [0, 0.1) is 6.92 Å². The van der Waals surface area contributed by atoms with Gasteiger partial charge in [-0.15, -0.1) is 0 Å². The Kier molecular flexibility index (Phi) is 8.49. The first kappa shape index (κ1) is 25.7. The van der Waals surface area contributed by atoms with Crippen molar-refractivity contribution in [2.75, 3.05) is 37.3 Å². The lowest BCUT2D eigenvalue weighted by Crippen LogP contribution is -2.47. The third-order valence-electron chi connectivity index (χ3n) is 6.88. The van der Waals surface area contributed by atoms with Crippen LogP contribution in [-0.2, 0) is 17.6 Å². The van der Waals surface area contributed by atoms with E-state index >= 15 is 0 Å². The maximum absolute atomic E-state index is 12.9.